The third kappa shape index (κ3) is 3.68. The highest BCUT2D eigenvalue weighted by molar-refractivity contribution is 7.21. The molecular formula is C19H19FN2O3S. The Morgan fingerprint density at radius 1 is 1.31 bits per heavy atom. The number of nitrogens with zero attached hydrogens (tertiary/aromatic N) is 1. The molecular weight excluding hydrogens is 355 g/mol. The van der Waals surface area contributed by atoms with Gasteiger partial charge in [0.15, 0.2) is 0 Å². The fourth-order valence-corrected chi connectivity index (χ4v) is 3.85. The lowest BCUT2D eigenvalue weighted by Gasteiger charge is -2.10. The van der Waals surface area contributed by atoms with Gasteiger partial charge in [0, 0.05) is 41.1 Å². The van der Waals surface area contributed by atoms with E-state index >= 15 is 0 Å². The minimum Gasteiger partial charge on any atom is -0.478 e. The second-order valence-corrected chi connectivity index (χ2v) is 6.59. The summed E-state index contributed by atoms with van der Waals surface area (Å²) in [6.07, 6.45) is 1.64. The van der Waals surface area contributed by atoms with E-state index in [1.807, 2.05) is 13.0 Å². The van der Waals surface area contributed by atoms with Crippen molar-refractivity contribution in [2.75, 3.05) is 13.7 Å². The van der Waals surface area contributed by atoms with Crippen molar-refractivity contribution in [2.45, 2.75) is 20.1 Å². The van der Waals surface area contributed by atoms with Crippen molar-refractivity contribution in [3.8, 4) is 5.88 Å². The van der Waals surface area contributed by atoms with Crippen molar-refractivity contribution in [3.63, 3.8) is 0 Å². The Morgan fingerprint density at radius 3 is 2.92 bits per heavy atom. The molecule has 2 heterocycles. The SMILES string of the molecule is CCOc1ncccc1CNC(=O)c1sc2cccc(F)c2c1COC. The van der Waals surface area contributed by atoms with E-state index in [9.17, 15) is 9.18 Å². The normalized spacial score (nSPS) is 10.9. The van der Waals surface area contributed by atoms with Gasteiger partial charge in [-0.3, -0.25) is 4.79 Å². The Hall–Kier alpha value is -2.51. The number of pyridine rings is 1. The van der Waals surface area contributed by atoms with Crippen molar-refractivity contribution in [3.05, 3.63) is 58.3 Å². The summed E-state index contributed by atoms with van der Waals surface area (Å²) >= 11 is 1.26. The molecule has 0 aliphatic heterocycles. The van der Waals surface area contributed by atoms with E-state index in [2.05, 4.69) is 10.3 Å². The van der Waals surface area contributed by atoms with Gasteiger partial charge in [0.05, 0.1) is 18.1 Å². The first-order valence-electron chi connectivity index (χ1n) is 8.19. The van der Waals surface area contributed by atoms with Crippen molar-refractivity contribution >= 4 is 27.3 Å². The van der Waals surface area contributed by atoms with Gasteiger partial charge in [-0.1, -0.05) is 12.1 Å². The van der Waals surface area contributed by atoms with Crippen LogP contribution in [-0.2, 0) is 17.9 Å². The van der Waals surface area contributed by atoms with E-state index in [0.29, 0.717) is 28.3 Å². The lowest BCUT2D eigenvalue weighted by atomic mass is 10.1. The molecule has 0 unspecified atom stereocenters. The van der Waals surface area contributed by atoms with Crippen LogP contribution in [0.2, 0.25) is 0 Å². The number of benzene rings is 1. The summed E-state index contributed by atoms with van der Waals surface area (Å²) in [5.74, 6) is -0.130. The maximum atomic E-state index is 14.2. The lowest BCUT2D eigenvalue weighted by Crippen LogP contribution is -2.23. The van der Waals surface area contributed by atoms with Crippen molar-refractivity contribution in [1.29, 1.82) is 0 Å². The molecule has 0 atom stereocenters. The number of amides is 1. The number of nitrogens with one attached hydrogen (secondary N) is 1. The second-order valence-electron chi connectivity index (χ2n) is 5.54. The Morgan fingerprint density at radius 2 is 2.15 bits per heavy atom. The van der Waals surface area contributed by atoms with Crippen LogP contribution in [0.5, 0.6) is 5.88 Å². The van der Waals surface area contributed by atoms with Gasteiger partial charge in [0.1, 0.15) is 5.82 Å². The summed E-state index contributed by atoms with van der Waals surface area (Å²) in [6, 6.07) is 8.46. The first kappa shape index (κ1) is 18.3. The van der Waals surface area contributed by atoms with Crippen LogP contribution in [-0.4, -0.2) is 24.6 Å². The van der Waals surface area contributed by atoms with Crippen LogP contribution in [0.3, 0.4) is 0 Å². The molecule has 2 aromatic heterocycles. The minimum absolute atomic E-state index is 0.167. The number of fused-ring (bicyclic) bond motifs is 1. The Balaban J connectivity index is 1.86. The quantitative estimate of drug-likeness (QED) is 0.681. The summed E-state index contributed by atoms with van der Waals surface area (Å²) in [6.45, 7) is 2.80. The standard InChI is InChI=1S/C19H19FN2O3S/c1-3-25-19-12(6-5-9-21-19)10-22-18(23)17-13(11-24-2)16-14(20)7-4-8-15(16)26-17/h4-9H,3,10-11H2,1-2H3,(H,22,23). The number of thiophene rings is 1. The number of hydrogen-bond donors (Lipinski definition) is 1. The first-order valence-corrected chi connectivity index (χ1v) is 9.01. The number of rotatable bonds is 7. The summed E-state index contributed by atoms with van der Waals surface area (Å²) in [7, 11) is 1.52. The molecule has 26 heavy (non-hydrogen) atoms. The predicted molar refractivity (Wildman–Crippen MR) is 99.1 cm³/mol. The van der Waals surface area contributed by atoms with E-state index in [1.165, 1.54) is 24.5 Å². The fourth-order valence-electron chi connectivity index (χ4n) is 2.71. The molecule has 3 rings (SSSR count). The van der Waals surface area contributed by atoms with E-state index in [-0.39, 0.29) is 24.9 Å². The Bertz CT molecular complexity index is 926. The largest absolute Gasteiger partial charge is 0.478 e. The van der Waals surface area contributed by atoms with Crippen LogP contribution >= 0.6 is 11.3 Å². The molecule has 0 aliphatic carbocycles. The monoisotopic (exact) mass is 374 g/mol. The maximum absolute atomic E-state index is 14.2. The van der Waals surface area contributed by atoms with Crippen LogP contribution < -0.4 is 10.1 Å². The zero-order valence-corrected chi connectivity index (χ0v) is 15.4. The molecule has 0 saturated carbocycles. The minimum atomic E-state index is -0.351. The number of methoxy groups -OCH3 is 1. The highest BCUT2D eigenvalue weighted by Crippen LogP contribution is 2.33. The predicted octanol–water partition coefficient (Wildman–Crippen LogP) is 3.91. The van der Waals surface area contributed by atoms with E-state index in [1.54, 1.807) is 24.4 Å². The van der Waals surface area contributed by atoms with Crippen LogP contribution in [0.25, 0.3) is 10.1 Å². The Labute approximate surface area is 154 Å². The van der Waals surface area contributed by atoms with Crippen molar-refractivity contribution in [2.24, 2.45) is 0 Å². The van der Waals surface area contributed by atoms with E-state index in [4.69, 9.17) is 9.47 Å². The van der Waals surface area contributed by atoms with Gasteiger partial charge in [0.2, 0.25) is 5.88 Å². The van der Waals surface area contributed by atoms with Gasteiger partial charge in [-0.25, -0.2) is 9.37 Å². The van der Waals surface area contributed by atoms with Gasteiger partial charge in [-0.05, 0) is 25.1 Å². The molecule has 3 aromatic rings. The Kier molecular flexibility index (Phi) is 5.80. The van der Waals surface area contributed by atoms with Gasteiger partial charge in [-0.2, -0.15) is 0 Å². The second kappa shape index (κ2) is 8.25. The molecule has 136 valence electrons. The van der Waals surface area contributed by atoms with Gasteiger partial charge in [0.25, 0.3) is 5.91 Å². The number of hydrogen-bond acceptors (Lipinski definition) is 5. The molecule has 1 amide bonds. The average Bonchev–Trinajstić information content (AvgIpc) is 3.01. The molecule has 0 bridgehead atoms. The molecule has 1 aromatic carbocycles. The first-order chi connectivity index (χ1) is 12.7. The molecule has 1 N–H and O–H groups in total. The van der Waals surface area contributed by atoms with Crippen molar-refractivity contribution < 1.29 is 18.7 Å². The summed E-state index contributed by atoms with van der Waals surface area (Å²) < 4.78 is 25.6. The number of ether oxygens (including phenoxy) is 2. The van der Waals surface area contributed by atoms with Gasteiger partial charge >= 0.3 is 0 Å². The highest BCUT2D eigenvalue weighted by Gasteiger charge is 2.20. The summed E-state index contributed by atoms with van der Waals surface area (Å²) in [4.78, 5) is 17.3. The van der Waals surface area contributed by atoms with Crippen LogP contribution in [0.15, 0.2) is 36.5 Å². The van der Waals surface area contributed by atoms with Gasteiger partial charge < -0.3 is 14.8 Å². The molecule has 0 radical (unpaired) electrons. The molecule has 0 fully saturated rings. The number of aromatic nitrogens is 1. The molecule has 0 aliphatic rings. The van der Waals surface area contributed by atoms with E-state index < -0.39 is 0 Å². The fraction of sp³-hybridized carbons (Fsp3) is 0.263. The van der Waals surface area contributed by atoms with E-state index in [0.717, 1.165) is 10.3 Å². The van der Waals surface area contributed by atoms with Gasteiger partial charge in [-0.15, -0.1) is 11.3 Å². The van der Waals surface area contributed by atoms with Crippen LogP contribution in [0.4, 0.5) is 4.39 Å². The lowest BCUT2D eigenvalue weighted by molar-refractivity contribution is 0.0950. The third-order valence-electron chi connectivity index (χ3n) is 3.83. The van der Waals surface area contributed by atoms with Crippen LogP contribution in [0, 0.1) is 5.82 Å². The zero-order chi connectivity index (χ0) is 18.5. The summed E-state index contributed by atoms with van der Waals surface area (Å²) in [5.41, 5.74) is 1.35. The van der Waals surface area contributed by atoms with Crippen molar-refractivity contribution in [1.82, 2.24) is 10.3 Å². The molecule has 0 spiro atoms. The molecule has 5 nitrogen and oxygen atoms in total. The number of carbonyl (C=O) groups is 1. The topological polar surface area (TPSA) is 60.5 Å². The smallest absolute Gasteiger partial charge is 0.262 e. The number of carbonyl (C=O) groups excluding carboxylic acids is 1. The zero-order valence-electron chi connectivity index (χ0n) is 14.5. The molecule has 0 saturated heterocycles. The maximum Gasteiger partial charge on any atom is 0.262 e. The number of halogens is 1. The average molecular weight is 374 g/mol. The summed E-state index contributed by atoms with van der Waals surface area (Å²) in [5, 5.41) is 3.31. The highest BCUT2D eigenvalue weighted by atomic mass is 32.1. The third-order valence-corrected chi connectivity index (χ3v) is 5.02. The molecule has 7 heteroatoms. The van der Waals surface area contributed by atoms with Crippen LogP contribution in [0.1, 0.15) is 27.7 Å².